The number of carbonyl (C=O) groups is 1. The lowest BCUT2D eigenvalue weighted by Gasteiger charge is -2.32. The third-order valence-electron chi connectivity index (χ3n) is 4.53. The fourth-order valence-corrected chi connectivity index (χ4v) is 4.13. The van der Waals surface area contributed by atoms with Crippen molar-refractivity contribution in [2.24, 2.45) is 5.73 Å². The van der Waals surface area contributed by atoms with Crippen molar-refractivity contribution in [2.75, 3.05) is 5.32 Å². The Bertz CT molecular complexity index is 1000. The summed E-state index contributed by atoms with van der Waals surface area (Å²) in [5.41, 5.74) is 8.01. The number of anilines is 1. The van der Waals surface area contributed by atoms with Gasteiger partial charge in [0.25, 0.3) is 0 Å². The number of hydrogen-bond acceptors (Lipinski definition) is 5. The number of H-pyrrole nitrogens is 1. The van der Waals surface area contributed by atoms with Crippen molar-refractivity contribution in [2.45, 2.75) is 19.3 Å². The second-order valence-corrected chi connectivity index (χ2v) is 6.60. The van der Waals surface area contributed by atoms with Crippen molar-refractivity contribution in [1.29, 1.82) is 5.26 Å². The van der Waals surface area contributed by atoms with Crippen LogP contribution in [0.2, 0.25) is 0 Å². The number of halogens is 1. The van der Waals surface area contributed by atoms with Crippen LogP contribution in [0.15, 0.2) is 28.1 Å². The molecule has 1 spiro atoms. The largest absolute Gasteiger partial charge is 0.420 e. The van der Waals surface area contributed by atoms with Crippen molar-refractivity contribution < 1.29 is 9.53 Å². The first-order valence-electron chi connectivity index (χ1n) is 7.17. The number of benzene rings is 1. The molecule has 3 heterocycles. The van der Waals surface area contributed by atoms with Crippen LogP contribution in [0.5, 0.6) is 5.88 Å². The van der Waals surface area contributed by atoms with Gasteiger partial charge in [0, 0.05) is 21.4 Å². The SMILES string of the molecule is Cc1ccc2c(c1Br)C1(C(=O)N2)C(C#N)=C(N)Oc2n[nH]c(C)c21. The highest BCUT2D eigenvalue weighted by molar-refractivity contribution is 9.10. The lowest BCUT2D eigenvalue weighted by molar-refractivity contribution is -0.118. The lowest BCUT2D eigenvalue weighted by atomic mass is 9.69. The van der Waals surface area contributed by atoms with E-state index in [0.717, 1.165) is 10.0 Å². The van der Waals surface area contributed by atoms with E-state index >= 15 is 0 Å². The molecule has 0 saturated heterocycles. The number of aromatic amines is 1. The quantitative estimate of drug-likeness (QED) is 0.641. The minimum atomic E-state index is -1.39. The normalized spacial score (nSPS) is 21.2. The monoisotopic (exact) mass is 385 g/mol. The first kappa shape index (κ1) is 14.8. The molecule has 0 saturated carbocycles. The minimum absolute atomic E-state index is 0.0575. The van der Waals surface area contributed by atoms with Gasteiger partial charge in [0.2, 0.25) is 17.7 Å². The molecule has 0 aliphatic carbocycles. The van der Waals surface area contributed by atoms with Gasteiger partial charge in [0.05, 0.1) is 5.56 Å². The summed E-state index contributed by atoms with van der Waals surface area (Å²) in [6.07, 6.45) is 0. The van der Waals surface area contributed by atoms with Gasteiger partial charge in [-0.2, -0.15) is 5.26 Å². The summed E-state index contributed by atoms with van der Waals surface area (Å²) in [6, 6.07) is 5.78. The highest BCUT2D eigenvalue weighted by Gasteiger charge is 2.59. The minimum Gasteiger partial charge on any atom is -0.420 e. The molecular weight excluding hydrogens is 374 g/mol. The predicted molar refractivity (Wildman–Crippen MR) is 89.1 cm³/mol. The Balaban J connectivity index is 2.23. The molecule has 2 aromatic rings. The summed E-state index contributed by atoms with van der Waals surface area (Å²) in [7, 11) is 0. The molecule has 24 heavy (non-hydrogen) atoms. The Hall–Kier alpha value is -2.79. The third kappa shape index (κ3) is 1.50. The average molecular weight is 386 g/mol. The maximum absolute atomic E-state index is 13.1. The molecule has 4 N–H and O–H groups in total. The van der Waals surface area contributed by atoms with E-state index in [1.54, 1.807) is 6.92 Å². The second-order valence-electron chi connectivity index (χ2n) is 5.81. The number of aryl methyl sites for hydroxylation is 2. The van der Waals surface area contributed by atoms with Crippen molar-refractivity contribution in [3.05, 3.63) is 50.4 Å². The molecule has 0 fully saturated rings. The zero-order chi connectivity index (χ0) is 17.2. The molecule has 120 valence electrons. The van der Waals surface area contributed by atoms with Gasteiger partial charge in [-0.1, -0.05) is 22.0 Å². The molecule has 4 rings (SSSR count). The molecule has 1 unspecified atom stereocenters. The Morgan fingerprint density at radius 3 is 2.83 bits per heavy atom. The van der Waals surface area contributed by atoms with Gasteiger partial charge < -0.3 is 15.8 Å². The molecule has 1 aromatic carbocycles. The number of fused-ring (bicyclic) bond motifs is 4. The number of carbonyl (C=O) groups excluding carboxylic acids is 1. The molecular formula is C16H12BrN5O2. The number of nitriles is 1. The molecule has 7 nitrogen and oxygen atoms in total. The van der Waals surface area contributed by atoms with Gasteiger partial charge in [-0.3, -0.25) is 9.89 Å². The summed E-state index contributed by atoms with van der Waals surface area (Å²) in [6.45, 7) is 3.70. The van der Waals surface area contributed by atoms with Gasteiger partial charge in [-0.15, -0.1) is 5.10 Å². The molecule has 0 bridgehead atoms. The van der Waals surface area contributed by atoms with Crippen LogP contribution in [-0.2, 0) is 10.2 Å². The van der Waals surface area contributed by atoms with E-state index in [1.807, 2.05) is 19.1 Å². The molecule has 1 atom stereocenters. The summed E-state index contributed by atoms with van der Waals surface area (Å²) < 4.78 is 6.22. The van der Waals surface area contributed by atoms with E-state index in [4.69, 9.17) is 10.5 Å². The van der Waals surface area contributed by atoms with E-state index in [2.05, 4.69) is 37.5 Å². The zero-order valence-electron chi connectivity index (χ0n) is 12.8. The number of amides is 1. The molecule has 1 amide bonds. The van der Waals surface area contributed by atoms with Crippen LogP contribution >= 0.6 is 15.9 Å². The first-order chi connectivity index (χ1) is 11.4. The highest BCUT2D eigenvalue weighted by atomic mass is 79.9. The number of rotatable bonds is 0. The maximum atomic E-state index is 13.1. The van der Waals surface area contributed by atoms with E-state index in [0.29, 0.717) is 22.5 Å². The van der Waals surface area contributed by atoms with Gasteiger partial charge in [0.15, 0.2) is 0 Å². The van der Waals surface area contributed by atoms with Crippen LogP contribution < -0.4 is 15.8 Å². The van der Waals surface area contributed by atoms with Gasteiger partial charge in [-0.25, -0.2) is 0 Å². The van der Waals surface area contributed by atoms with E-state index in [1.165, 1.54) is 0 Å². The van der Waals surface area contributed by atoms with Crippen LogP contribution in [0.1, 0.15) is 22.4 Å². The first-order valence-corrected chi connectivity index (χ1v) is 7.96. The Morgan fingerprint density at radius 1 is 1.38 bits per heavy atom. The number of nitrogens with one attached hydrogen (secondary N) is 2. The zero-order valence-corrected chi connectivity index (χ0v) is 14.4. The fraction of sp³-hybridized carbons (Fsp3) is 0.188. The Kier molecular flexibility index (Phi) is 2.84. The number of hydrogen-bond donors (Lipinski definition) is 3. The second kappa shape index (κ2) is 4.61. The standard InChI is InChI=1S/C16H12BrN5O2/c1-6-3-4-9-11(12(6)17)16(15(23)20-9)8(5-18)13(19)24-14-10(16)7(2)21-22-14/h3-4H,19H2,1-2H3,(H,20,23)(H,21,22). The van der Waals surface area contributed by atoms with Crippen molar-refractivity contribution in [3.8, 4) is 11.9 Å². The molecule has 2 aliphatic rings. The van der Waals surface area contributed by atoms with Crippen LogP contribution in [0.25, 0.3) is 0 Å². The van der Waals surface area contributed by atoms with Crippen LogP contribution in [0, 0.1) is 25.2 Å². The average Bonchev–Trinajstić information content (AvgIpc) is 3.03. The lowest BCUT2D eigenvalue weighted by Crippen LogP contribution is -2.42. The maximum Gasteiger partial charge on any atom is 0.245 e. The summed E-state index contributed by atoms with van der Waals surface area (Å²) in [4.78, 5) is 13.1. The smallest absolute Gasteiger partial charge is 0.245 e. The summed E-state index contributed by atoms with van der Waals surface area (Å²) >= 11 is 3.57. The van der Waals surface area contributed by atoms with E-state index in [-0.39, 0.29) is 23.2 Å². The van der Waals surface area contributed by atoms with Gasteiger partial charge in [-0.05, 0) is 25.5 Å². The van der Waals surface area contributed by atoms with Gasteiger partial charge >= 0.3 is 0 Å². The van der Waals surface area contributed by atoms with Crippen molar-refractivity contribution in [3.63, 3.8) is 0 Å². The number of nitrogens with two attached hydrogens (primary N) is 1. The molecule has 0 radical (unpaired) electrons. The summed E-state index contributed by atoms with van der Waals surface area (Å²) in [5, 5.41) is 19.5. The summed E-state index contributed by atoms with van der Waals surface area (Å²) in [5.74, 6) is -0.259. The number of aromatic nitrogens is 2. The highest BCUT2D eigenvalue weighted by Crippen LogP contribution is 2.56. The third-order valence-corrected chi connectivity index (χ3v) is 5.55. The van der Waals surface area contributed by atoms with Crippen LogP contribution in [-0.4, -0.2) is 16.1 Å². The molecule has 8 heteroatoms. The van der Waals surface area contributed by atoms with Crippen molar-refractivity contribution >= 4 is 27.5 Å². The molecule has 1 aromatic heterocycles. The molecule has 2 aliphatic heterocycles. The topological polar surface area (TPSA) is 117 Å². The van der Waals surface area contributed by atoms with E-state index in [9.17, 15) is 10.1 Å². The van der Waals surface area contributed by atoms with E-state index < -0.39 is 5.41 Å². The number of ether oxygens (including phenoxy) is 1. The van der Waals surface area contributed by atoms with Crippen LogP contribution in [0.3, 0.4) is 0 Å². The predicted octanol–water partition coefficient (Wildman–Crippen LogP) is 2.11. The van der Waals surface area contributed by atoms with Gasteiger partial charge in [0.1, 0.15) is 17.1 Å². The fourth-order valence-electron chi connectivity index (χ4n) is 3.48. The Labute approximate surface area is 145 Å². The Morgan fingerprint density at radius 2 is 2.12 bits per heavy atom. The van der Waals surface area contributed by atoms with Crippen molar-refractivity contribution in [1.82, 2.24) is 10.2 Å². The van der Waals surface area contributed by atoms with Crippen LogP contribution in [0.4, 0.5) is 5.69 Å². The number of nitrogens with zero attached hydrogens (tertiary/aromatic N) is 2.